The maximum atomic E-state index is 12.6. The van der Waals surface area contributed by atoms with Gasteiger partial charge >= 0.3 is 6.09 Å². The number of carbonyl (C=O) groups excluding carboxylic acids is 2. The predicted molar refractivity (Wildman–Crippen MR) is 123 cm³/mol. The molecule has 0 saturated heterocycles. The van der Waals surface area contributed by atoms with E-state index in [4.69, 9.17) is 4.74 Å². The fourth-order valence-electron chi connectivity index (χ4n) is 4.17. The molecule has 1 heterocycles. The number of rotatable bonds is 6. The van der Waals surface area contributed by atoms with Crippen molar-refractivity contribution in [2.24, 2.45) is 0 Å². The Balaban J connectivity index is 1.62. The zero-order valence-electron chi connectivity index (χ0n) is 19.3. The number of nitrogens with zero attached hydrogens (tertiary/aromatic N) is 2. The first-order valence-corrected chi connectivity index (χ1v) is 11.4. The van der Waals surface area contributed by atoms with Crippen molar-refractivity contribution in [2.45, 2.75) is 83.4 Å². The summed E-state index contributed by atoms with van der Waals surface area (Å²) in [6, 6.07) is 7.24. The molecule has 8 nitrogen and oxygen atoms in total. The van der Waals surface area contributed by atoms with Crippen LogP contribution in [0.3, 0.4) is 0 Å². The van der Waals surface area contributed by atoms with Crippen LogP contribution >= 0.6 is 0 Å². The lowest BCUT2D eigenvalue weighted by molar-refractivity contribution is -0.121. The van der Waals surface area contributed by atoms with Crippen molar-refractivity contribution in [1.82, 2.24) is 20.4 Å². The van der Waals surface area contributed by atoms with Crippen LogP contribution in [0.2, 0.25) is 0 Å². The van der Waals surface area contributed by atoms with Crippen LogP contribution < -0.4 is 16.1 Å². The number of hydrogen-bond acceptors (Lipinski definition) is 5. The lowest BCUT2D eigenvalue weighted by Gasteiger charge is -2.35. The highest BCUT2D eigenvalue weighted by atomic mass is 16.6. The van der Waals surface area contributed by atoms with Crippen LogP contribution in [-0.4, -0.2) is 39.5 Å². The van der Waals surface area contributed by atoms with E-state index in [2.05, 4.69) is 15.7 Å². The van der Waals surface area contributed by atoms with Crippen LogP contribution in [0.1, 0.15) is 65.7 Å². The number of amides is 2. The van der Waals surface area contributed by atoms with Crippen molar-refractivity contribution in [1.29, 1.82) is 0 Å². The molecule has 8 heteroatoms. The quantitative estimate of drug-likeness (QED) is 0.667. The van der Waals surface area contributed by atoms with E-state index in [-0.39, 0.29) is 17.8 Å². The minimum absolute atomic E-state index is 0.121. The second-order valence-electron chi connectivity index (χ2n) is 9.60. The van der Waals surface area contributed by atoms with Crippen molar-refractivity contribution in [3.05, 3.63) is 40.7 Å². The maximum Gasteiger partial charge on any atom is 0.408 e. The second-order valence-corrected chi connectivity index (χ2v) is 9.60. The molecule has 0 atom stereocenters. The fourth-order valence-corrected chi connectivity index (χ4v) is 4.17. The van der Waals surface area contributed by atoms with Crippen LogP contribution in [0.25, 0.3) is 10.9 Å². The van der Waals surface area contributed by atoms with E-state index in [0.29, 0.717) is 24.0 Å². The molecule has 1 saturated carbocycles. The van der Waals surface area contributed by atoms with Gasteiger partial charge in [-0.2, -0.15) is 5.10 Å². The van der Waals surface area contributed by atoms with Crippen molar-refractivity contribution < 1.29 is 14.3 Å². The van der Waals surface area contributed by atoms with E-state index < -0.39 is 17.2 Å². The van der Waals surface area contributed by atoms with Gasteiger partial charge in [0.05, 0.1) is 23.8 Å². The van der Waals surface area contributed by atoms with Crippen LogP contribution in [0.15, 0.2) is 35.3 Å². The first-order valence-electron chi connectivity index (χ1n) is 11.4. The smallest absolute Gasteiger partial charge is 0.408 e. The molecule has 2 N–H and O–H groups in total. The average molecular weight is 443 g/mol. The largest absolute Gasteiger partial charge is 0.444 e. The molecular formula is C24H34N4O4. The van der Waals surface area contributed by atoms with Gasteiger partial charge in [0.15, 0.2) is 0 Å². The van der Waals surface area contributed by atoms with Gasteiger partial charge in [-0.3, -0.25) is 14.3 Å². The Morgan fingerprint density at radius 1 is 1.12 bits per heavy atom. The minimum atomic E-state index is -0.577. The zero-order valence-corrected chi connectivity index (χ0v) is 19.3. The molecule has 1 aliphatic rings. The number of ether oxygens (including phenoxy) is 1. The number of para-hydroxylation sites is 1. The SMILES string of the molecule is CC(C)(C)OC(=O)NC1(CNC(=O)CCn2ncc(=O)c3ccccc32)CCCCCC1. The Morgan fingerprint density at radius 3 is 2.50 bits per heavy atom. The van der Waals surface area contributed by atoms with Gasteiger partial charge in [-0.05, 0) is 45.7 Å². The van der Waals surface area contributed by atoms with Crippen LogP contribution in [0.4, 0.5) is 4.79 Å². The lowest BCUT2D eigenvalue weighted by atomic mass is 9.90. The van der Waals surface area contributed by atoms with Crippen LogP contribution in [0, 0.1) is 0 Å². The molecule has 1 aromatic heterocycles. The maximum absolute atomic E-state index is 12.6. The predicted octanol–water partition coefficient (Wildman–Crippen LogP) is 3.52. The van der Waals surface area contributed by atoms with Crippen molar-refractivity contribution in [2.75, 3.05) is 6.54 Å². The summed E-state index contributed by atoms with van der Waals surface area (Å²) in [5, 5.41) is 10.8. The van der Waals surface area contributed by atoms with Crippen molar-refractivity contribution in [3.63, 3.8) is 0 Å². The minimum Gasteiger partial charge on any atom is -0.444 e. The Morgan fingerprint density at radius 2 is 1.81 bits per heavy atom. The summed E-state index contributed by atoms with van der Waals surface area (Å²) in [4.78, 5) is 37.1. The van der Waals surface area contributed by atoms with Crippen molar-refractivity contribution >= 4 is 22.9 Å². The summed E-state index contributed by atoms with van der Waals surface area (Å²) in [7, 11) is 0. The summed E-state index contributed by atoms with van der Waals surface area (Å²) in [6.07, 6.45) is 6.91. The summed E-state index contributed by atoms with van der Waals surface area (Å²) in [6.45, 7) is 6.23. The summed E-state index contributed by atoms with van der Waals surface area (Å²) in [5.74, 6) is -0.121. The number of carbonyl (C=O) groups is 2. The molecule has 0 unspecified atom stereocenters. The highest BCUT2D eigenvalue weighted by Gasteiger charge is 2.34. The van der Waals surface area contributed by atoms with Crippen LogP contribution in [-0.2, 0) is 16.1 Å². The Hall–Kier alpha value is -2.90. The van der Waals surface area contributed by atoms with Gasteiger partial charge in [-0.15, -0.1) is 0 Å². The first kappa shape index (κ1) is 23.8. The molecular weight excluding hydrogens is 408 g/mol. The number of fused-ring (bicyclic) bond motifs is 1. The number of benzene rings is 1. The van der Waals surface area contributed by atoms with Gasteiger partial charge in [-0.25, -0.2) is 4.79 Å². The molecule has 1 aliphatic carbocycles. The number of alkyl carbamates (subject to hydrolysis) is 1. The summed E-state index contributed by atoms with van der Waals surface area (Å²) >= 11 is 0. The Labute approximate surface area is 188 Å². The molecule has 2 amide bonds. The topological polar surface area (TPSA) is 102 Å². The van der Waals surface area contributed by atoms with E-state index in [1.807, 2.05) is 39.0 Å². The van der Waals surface area contributed by atoms with Gasteiger partial charge in [0.25, 0.3) is 0 Å². The monoisotopic (exact) mass is 442 g/mol. The van der Waals surface area contributed by atoms with E-state index in [9.17, 15) is 14.4 Å². The van der Waals surface area contributed by atoms with E-state index in [1.165, 1.54) is 6.20 Å². The molecule has 1 aromatic carbocycles. The Bertz CT molecular complexity index is 1000. The summed E-state index contributed by atoms with van der Waals surface area (Å²) < 4.78 is 7.15. The highest BCUT2D eigenvalue weighted by Crippen LogP contribution is 2.27. The van der Waals surface area contributed by atoms with E-state index in [0.717, 1.165) is 38.5 Å². The summed E-state index contributed by atoms with van der Waals surface area (Å²) in [5.41, 5.74) is -0.507. The molecule has 0 bridgehead atoms. The highest BCUT2D eigenvalue weighted by molar-refractivity contribution is 5.79. The third-order valence-electron chi connectivity index (χ3n) is 5.76. The molecule has 1 fully saturated rings. The molecule has 32 heavy (non-hydrogen) atoms. The third-order valence-corrected chi connectivity index (χ3v) is 5.76. The third kappa shape index (κ3) is 6.55. The standard InChI is InChI=1S/C24H34N4O4/c1-23(2,3)32-22(31)27-24(13-8-4-5-9-14-24)17-25-21(30)12-15-28-19-11-7-6-10-18(19)20(29)16-26-28/h6-7,10-11,16H,4-5,8-9,12-15,17H2,1-3H3,(H,25,30)(H,27,31). The normalized spacial score (nSPS) is 16.2. The molecule has 0 spiro atoms. The number of nitrogens with one attached hydrogen (secondary N) is 2. The van der Waals surface area contributed by atoms with Gasteiger partial charge in [0.1, 0.15) is 5.60 Å². The van der Waals surface area contributed by atoms with E-state index >= 15 is 0 Å². The number of aryl methyl sites for hydroxylation is 1. The van der Waals surface area contributed by atoms with Crippen LogP contribution in [0.5, 0.6) is 0 Å². The fraction of sp³-hybridized carbons (Fsp3) is 0.583. The van der Waals surface area contributed by atoms with Gasteiger partial charge in [0, 0.05) is 18.4 Å². The lowest BCUT2D eigenvalue weighted by Crippen LogP contribution is -2.56. The van der Waals surface area contributed by atoms with E-state index in [1.54, 1.807) is 10.7 Å². The average Bonchev–Trinajstić information content (AvgIpc) is 2.96. The van der Waals surface area contributed by atoms with Gasteiger partial charge < -0.3 is 15.4 Å². The molecule has 174 valence electrons. The molecule has 3 rings (SSSR count). The molecule has 2 aromatic rings. The zero-order chi connectivity index (χ0) is 23.2. The van der Waals surface area contributed by atoms with Crippen molar-refractivity contribution in [3.8, 4) is 0 Å². The number of hydrogen-bond donors (Lipinski definition) is 2. The molecule has 0 aliphatic heterocycles. The van der Waals surface area contributed by atoms with Gasteiger partial charge in [0.2, 0.25) is 11.3 Å². The van der Waals surface area contributed by atoms with Gasteiger partial charge in [-0.1, -0.05) is 37.8 Å². The second kappa shape index (κ2) is 10.1. The first-order chi connectivity index (χ1) is 15.2. The Kier molecular flexibility index (Phi) is 7.53. The molecule has 0 radical (unpaired) electrons. The number of aromatic nitrogens is 2.